The summed E-state index contributed by atoms with van der Waals surface area (Å²) in [6, 6.07) is 10.4. The maximum Gasteiger partial charge on any atom is 0.121 e. The molecule has 1 aliphatic heterocycles. The van der Waals surface area contributed by atoms with Crippen molar-refractivity contribution in [2.24, 2.45) is 0 Å². The Morgan fingerprint density at radius 1 is 1.17 bits per heavy atom. The van der Waals surface area contributed by atoms with E-state index < -0.39 is 0 Å². The molecular weight excluding hydrogens is 224 g/mol. The molecule has 0 atom stereocenters. The SMILES string of the molecule is COc1ccc2ccc(C3CCNCC3)nc2c1. The number of piperidine rings is 1. The summed E-state index contributed by atoms with van der Waals surface area (Å²) in [5, 5.41) is 4.57. The normalized spacial score (nSPS) is 16.9. The number of nitrogens with one attached hydrogen (secondary N) is 1. The molecule has 3 nitrogen and oxygen atoms in total. The lowest BCUT2D eigenvalue weighted by Gasteiger charge is -2.22. The number of fused-ring (bicyclic) bond motifs is 1. The van der Waals surface area contributed by atoms with E-state index in [4.69, 9.17) is 9.72 Å². The van der Waals surface area contributed by atoms with Gasteiger partial charge >= 0.3 is 0 Å². The highest BCUT2D eigenvalue weighted by molar-refractivity contribution is 5.80. The first kappa shape index (κ1) is 11.5. The summed E-state index contributed by atoms with van der Waals surface area (Å²) >= 11 is 0. The summed E-state index contributed by atoms with van der Waals surface area (Å²) in [6.07, 6.45) is 2.37. The number of pyridine rings is 1. The van der Waals surface area contributed by atoms with Gasteiger partial charge in [-0.15, -0.1) is 0 Å². The molecule has 2 heterocycles. The second-order valence-electron chi connectivity index (χ2n) is 4.82. The van der Waals surface area contributed by atoms with Gasteiger partial charge in [-0.05, 0) is 44.1 Å². The van der Waals surface area contributed by atoms with E-state index in [0.29, 0.717) is 5.92 Å². The van der Waals surface area contributed by atoms with Crippen molar-refractivity contribution in [3.05, 3.63) is 36.0 Å². The smallest absolute Gasteiger partial charge is 0.121 e. The highest BCUT2D eigenvalue weighted by atomic mass is 16.5. The molecule has 1 N–H and O–H groups in total. The first-order valence-corrected chi connectivity index (χ1v) is 6.52. The van der Waals surface area contributed by atoms with E-state index in [2.05, 4.69) is 23.5 Å². The van der Waals surface area contributed by atoms with E-state index in [-0.39, 0.29) is 0 Å². The Hall–Kier alpha value is -1.61. The molecule has 1 fully saturated rings. The molecule has 94 valence electrons. The molecule has 18 heavy (non-hydrogen) atoms. The number of hydrogen-bond acceptors (Lipinski definition) is 3. The van der Waals surface area contributed by atoms with Crippen molar-refractivity contribution in [3.8, 4) is 5.75 Å². The first-order valence-electron chi connectivity index (χ1n) is 6.52. The highest BCUT2D eigenvalue weighted by Crippen LogP contribution is 2.26. The molecule has 1 aromatic heterocycles. The molecule has 0 unspecified atom stereocenters. The summed E-state index contributed by atoms with van der Waals surface area (Å²) < 4.78 is 5.26. The second kappa shape index (κ2) is 4.94. The van der Waals surface area contributed by atoms with Gasteiger partial charge in [0.1, 0.15) is 5.75 Å². The Kier molecular flexibility index (Phi) is 3.15. The van der Waals surface area contributed by atoms with Crippen molar-refractivity contribution in [2.75, 3.05) is 20.2 Å². The lowest BCUT2D eigenvalue weighted by Crippen LogP contribution is -2.27. The average molecular weight is 242 g/mol. The molecule has 0 saturated carbocycles. The number of hydrogen-bond donors (Lipinski definition) is 1. The van der Waals surface area contributed by atoms with E-state index in [1.165, 1.54) is 23.9 Å². The zero-order valence-corrected chi connectivity index (χ0v) is 10.6. The third-order valence-electron chi connectivity index (χ3n) is 3.68. The van der Waals surface area contributed by atoms with Gasteiger partial charge in [0.05, 0.1) is 12.6 Å². The molecule has 3 heteroatoms. The molecule has 1 aromatic carbocycles. The fraction of sp³-hybridized carbons (Fsp3) is 0.400. The van der Waals surface area contributed by atoms with E-state index >= 15 is 0 Å². The topological polar surface area (TPSA) is 34.1 Å². The number of nitrogens with zero attached hydrogens (tertiary/aromatic N) is 1. The van der Waals surface area contributed by atoms with Crippen molar-refractivity contribution in [1.29, 1.82) is 0 Å². The maximum absolute atomic E-state index is 5.26. The average Bonchev–Trinajstić information content (AvgIpc) is 2.47. The molecule has 0 bridgehead atoms. The fourth-order valence-electron chi connectivity index (χ4n) is 2.58. The molecule has 3 rings (SSSR count). The molecule has 0 aliphatic carbocycles. The molecule has 0 amide bonds. The maximum atomic E-state index is 5.26. The van der Waals surface area contributed by atoms with Crippen LogP contribution in [0.15, 0.2) is 30.3 Å². The van der Waals surface area contributed by atoms with Gasteiger partial charge in [0.25, 0.3) is 0 Å². The summed E-state index contributed by atoms with van der Waals surface area (Å²) in [7, 11) is 1.69. The monoisotopic (exact) mass is 242 g/mol. The fourth-order valence-corrected chi connectivity index (χ4v) is 2.58. The minimum atomic E-state index is 0.599. The minimum Gasteiger partial charge on any atom is -0.497 e. The molecule has 1 saturated heterocycles. The summed E-state index contributed by atoms with van der Waals surface area (Å²) in [6.45, 7) is 2.20. The number of benzene rings is 1. The molecular formula is C15H18N2O. The lowest BCUT2D eigenvalue weighted by molar-refractivity contribution is 0.415. The predicted molar refractivity (Wildman–Crippen MR) is 73.1 cm³/mol. The van der Waals surface area contributed by atoms with Crippen molar-refractivity contribution in [2.45, 2.75) is 18.8 Å². The van der Waals surface area contributed by atoms with Crippen molar-refractivity contribution in [1.82, 2.24) is 10.3 Å². The van der Waals surface area contributed by atoms with Crippen molar-refractivity contribution in [3.63, 3.8) is 0 Å². The minimum absolute atomic E-state index is 0.599. The van der Waals surface area contributed by atoms with Gasteiger partial charge in [-0.25, -0.2) is 0 Å². The Morgan fingerprint density at radius 2 is 1.94 bits per heavy atom. The van der Waals surface area contributed by atoms with E-state index in [9.17, 15) is 0 Å². The zero-order chi connectivity index (χ0) is 12.4. The predicted octanol–water partition coefficient (Wildman–Crippen LogP) is 2.71. The van der Waals surface area contributed by atoms with E-state index in [1.807, 2.05) is 12.1 Å². The van der Waals surface area contributed by atoms with Crippen LogP contribution in [0.4, 0.5) is 0 Å². The van der Waals surface area contributed by atoms with Crippen LogP contribution in [0.2, 0.25) is 0 Å². The van der Waals surface area contributed by atoms with Crippen LogP contribution in [0.3, 0.4) is 0 Å². The summed E-state index contributed by atoms with van der Waals surface area (Å²) in [5.41, 5.74) is 2.25. The summed E-state index contributed by atoms with van der Waals surface area (Å²) in [4.78, 5) is 4.80. The molecule has 2 aromatic rings. The van der Waals surface area contributed by atoms with Crippen LogP contribution in [0.25, 0.3) is 10.9 Å². The van der Waals surface area contributed by atoms with E-state index in [1.54, 1.807) is 7.11 Å². The van der Waals surface area contributed by atoms with Gasteiger partial charge in [0.15, 0.2) is 0 Å². The van der Waals surface area contributed by atoms with E-state index in [0.717, 1.165) is 24.4 Å². The quantitative estimate of drug-likeness (QED) is 0.879. The number of rotatable bonds is 2. The standard InChI is InChI=1S/C15H18N2O/c1-18-13-4-2-11-3-5-14(17-15(11)10-13)12-6-8-16-9-7-12/h2-5,10,12,16H,6-9H2,1H3. The van der Waals surface area contributed by atoms with Gasteiger partial charge in [-0.3, -0.25) is 4.98 Å². The van der Waals surface area contributed by atoms with Gasteiger partial charge in [0.2, 0.25) is 0 Å². The van der Waals surface area contributed by atoms with Crippen LogP contribution in [0.1, 0.15) is 24.5 Å². The Balaban J connectivity index is 1.97. The first-order chi connectivity index (χ1) is 8.86. The van der Waals surface area contributed by atoms with Crippen molar-refractivity contribution >= 4 is 10.9 Å². The highest BCUT2D eigenvalue weighted by Gasteiger charge is 2.16. The van der Waals surface area contributed by atoms with Gasteiger partial charge in [-0.2, -0.15) is 0 Å². The number of ether oxygens (including phenoxy) is 1. The van der Waals surface area contributed by atoms with Crippen LogP contribution in [-0.2, 0) is 0 Å². The van der Waals surface area contributed by atoms with Crippen LogP contribution in [-0.4, -0.2) is 25.2 Å². The van der Waals surface area contributed by atoms with Gasteiger partial charge < -0.3 is 10.1 Å². The molecule has 1 aliphatic rings. The van der Waals surface area contributed by atoms with Gasteiger partial charge in [0, 0.05) is 23.1 Å². The number of methoxy groups -OCH3 is 1. The van der Waals surface area contributed by atoms with Crippen LogP contribution >= 0.6 is 0 Å². The van der Waals surface area contributed by atoms with Crippen LogP contribution in [0, 0.1) is 0 Å². The van der Waals surface area contributed by atoms with Crippen LogP contribution in [0.5, 0.6) is 5.75 Å². The third kappa shape index (κ3) is 2.18. The molecule has 0 radical (unpaired) electrons. The second-order valence-corrected chi connectivity index (χ2v) is 4.82. The van der Waals surface area contributed by atoms with Crippen LogP contribution < -0.4 is 10.1 Å². The zero-order valence-electron chi connectivity index (χ0n) is 10.6. The molecule has 0 spiro atoms. The summed E-state index contributed by atoms with van der Waals surface area (Å²) in [5.74, 6) is 1.47. The Bertz CT molecular complexity index is 547. The van der Waals surface area contributed by atoms with Gasteiger partial charge in [-0.1, -0.05) is 6.07 Å². The number of aromatic nitrogens is 1. The third-order valence-corrected chi connectivity index (χ3v) is 3.68. The largest absolute Gasteiger partial charge is 0.497 e. The lowest BCUT2D eigenvalue weighted by atomic mass is 9.94. The Labute approximate surface area is 107 Å². The van der Waals surface area contributed by atoms with Crippen molar-refractivity contribution < 1.29 is 4.74 Å². The Morgan fingerprint density at radius 3 is 2.72 bits per heavy atom.